The average molecular weight is 233 g/mol. The van der Waals surface area contributed by atoms with Crippen LogP contribution in [0.4, 0.5) is 0 Å². The van der Waals surface area contributed by atoms with E-state index in [4.69, 9.17) is 4.74 Å². The maximum atomic E-state index is 6.13. The van der Waals surface area contributed by atoms with Crippen LogP contribution in [0.15, 0.2) is 24.3 Å². The van der Waals surface area contributed by atoms with Gasteiger partial charge in [-0.3, -0.25) is 4.90 Å². The molecule has 94 valence electrons. The highest BCUT2D eigenvalue weighted by atomic mass is 16.5. The molecule has 1 unspecified atom stereocenters. The molecule has 0 saturated carbocycles. The summed E-state index contributed by atoms with van der Waals surface area (Å²) in [5, 5.41) is 0. The van der Waals surface area contributed by atoms with Crippen molar-refractivity contribution < 1.29 is 4.74 Å². The monoisotopic (exact) mass is 233 g/mol. The molecular formula is C15H23NO. The van der Waals surface area contributed by atoms with Gasteiger partial charge < -0.3 is 4.74 Å². The third kappa shape index (κ3) is 2.81. The number of fused-ring (bicyclic) bond motifs is 1. The maximum absolute atomic E-state index is 6.13. The first kappa shape index (κ1) is 12.4. The molecule has 0 aliphatic carbocycles. The van der Waals surface area contributed by atoms with Gasteiger partial charge in [0.25, 0.3) is 0 Å². The van der Waals surface area contributed by atoms with Crippen LogP contribution in [-0.4, -0.2) is 23.7 Å². The molecule has 17 heavy (non-hydrogen) atoms. The van der Waals surface area contributed by atoms with E-state index in [-0.39, 0.29) is 6.23 Å². The third-order valence-corrected chi connectivity index (χ3v) is 3.41. The van der Waals surface area contributed by atoms with Gasteiger partial charge in [-0.05, 0) is 38.3 Å². The van der Waals surface area contributed by atoms with E-state index in [0.29, 0.717) is 6.04 Å². The Morgan fingerprint density at radius 2 is 2.12 bits per heavy atom. The fraction of sp³-hybridized carbons (Fsp3) is 0.600. The first-order valence-electron chi connectivity index (χ1n) is 6.72. The predicted molar refractivity (Wildman–Crippen MR) is 71.3 cm³/mol. The molecule has 1 atom stereocenters. The zero-order valence-corrected chi connectivity index (χ0v) is 11.1. The van der Waals surface area contributed by atoms with E-state index in [2.05, 4.69) is 49.9 Å². The summed E-state index contributed by atoms with van der Waals surface area (Å²) in [7, 11) is 0. The van der Waals surface area contributed by atoms with Gasteiger partial charge in [0.1, 0.15) is 5.75 Å². The van der Waals surface area contributed by atoms with E-state index >= 15 is 0 Å². The fourth-order valence-electron chi connectivity index (χ4n) is 2.54. The number of nitrogens with zero attached hydrogens (tertiary/aromatic N) is 1. The molecule has 0 fully saturated rings. The van der Waals surface area contributed by atoms with Crippen LogP contribution in [0.2, 0.25) is 0 Å². The van der Waals surface area contributed by atoms with E-state index < -0.39 is 0 Å². The topological polar surface area (TPSA) is 12.5 Å². The van der Waals surface area contributed by atoms with Gasteiger partial charge in [0.05, 0.1) is 0 Å². The van der Waals surface area contributed by atoms with Gasteiger partial charge in [-0.25, -0.2) is 0 Å². The van der Waals surface area contributed by atoms with Gasteiger partial charge >= 0.3 is 0 Å². The molecule has 0 bridgehead atoms. The highest BCUT2D eigenvalue weighted by Gasteiger charge is 2.26. The first-order valence-corrected chi connectivity index (χ1v) is 6.72. The molecule has 0 radical (unpaired) electrons. The summed E-state index contributed by atoms with van der Waals surface area (Å²) in [6.07, 6.45) is 3.67. The van der Waals surface area contributed by atoms with Crippen molar-refractivity contribution in [1.29, 1.82) is 0 Å². The second-order valence-corrected chi connectivity index (χ2v) is 5.05. The number of hydrogen-bond acceptors (Lipinski definition) is 2. The second kappa shape index (κ2) is 5.54. The Balaban J connectivity index is 2.10. The minimum absolute atomic E-state index is 0.254. The fourth-order valence-corrected chi connectivity index (χ4v) is 2.54. The average Bonchev–Trinajstić information content (AvgIpc) is 2.35. The summed E-state index contributed by atoms with van der Waals surface area (Å²) in [6, 6.07) is 8.96. The number of hydrogen-bond donors (Lipinski definition) is 0. The Hall–Kier alpha value is -1.02. The van der Waals surface area contributed by atoms with Crippen molar-refractivity contribution in [2.75, 3.05) is 6.54 Å². The number of para-hydroxylation sites is 1. The molecule has 2 nitrogen and oxygen atoms in total. The van der Waals surface area contributed by atoms with Crippen LogP contribution in [-0.2, 0) is 6.42 Å². The van der Waals surface area contributed by atoms with Crippen molar-refractivity contribution in [2.24, 2.45) is 0 Å². The van der Waals surface area contributed by atoms with E-state index in [0.717, 1.165) is 25.1 Å². The Morgan fingerprint density at radius 3 is 2.82 bits per heavy atom. The molecule has 0 aromatic heterocycles. The van der Waals surface area contributed by atoms with Crippen molar-refractivity contribution in [3.8, 4) is 5.75 Å². The van der Waals surface area contributed by atoms with Gasteiger partial charge in [0.2, 0.25) is 0 Å². The van der Waals surface area contributed by atoms with Gasteiger partial charge in [-0.2, -0.15) is 0 Å². The molecule has 1 aliphatic heterocycles. The molecule has 1 aromatic rings. The minimum Gasteiger partial charge on any atom is -0.475 e. The minimum atomic E-state index is 0.254. The van der Waals surface area contributed by atoms with Gasteiger partial charge in [-0.1, -0.05) is 25.1 Å². The summed E-state index contributed by atoms with van der Waals surface area (Å²) in [5.74, 6) is 1.07. The zero-order valence-electron chi connectivity index (χ0n) is 11.1. The highest BCUT2D eigenvalue weighted by Crippen LogP contribution is 2.29. The van der Waals surface area contributed by atoms with Crippen molar-refractivity contribution in [1.82, 2.24) is 4.90 Å². The zero-order chi connectivity index (χ0) is 12.3. The van der Waals surface area contributed by atoms with Crippen LogP contribution in [0, 0.1) is 0 Å². The molecule has 0 amide bonds. The lowest BCUT2D eigenvalue weighted by atomic mass is 10.0. The second-order valence-electron chi connectivity index (χ2n) is 5.05. The Labute approximate surface area is 105 Å². The van der Waals surface area contributed by atoms with E-state index in [1.165, 1.54) is 12.0 Å². The molecule has 0 saturated heterocycles. The standard InChI is InChI=1S/C15H23NO/c1-4-11-16(12(2)3)15-10-9-13-7-5-6-8-14(13)17-15/h5-8,12,15H,4,9-11H2,1-3H3. The molecule has 2 heteroatoms. The van der Waals surface area contributed by atoms with E-state index in [1.54, 1.807) is 0 Å². The lowest BCUT2D eigenvalue weighted by molar-refractivity contribution is -0.0103. The summed E-state index contributed by atoms with van der Waals surface area (Å²) in [5.41, 5.74) is 1.35. The summed E-state index contributed by atoms with van der Waals surface area (Å²) in [4.78, 5) is 2.47. The van der Waals surface area contributed by atoms with Crippen molar-refractivity contribution in [2.45, 2.75) is 52.3 Å². The smallest absolute Gasteiger partial charge is 0.153 e. The molecule has 1 aliphatic rings. The van der Waals surface area contributed by atoms with Crippen LogP contribution in [0.25, 0.3) is 0 Å². The van der Waals surface area contributed by atoms with Gasteiger partial charge in [0.15, 0.2) is 6.23 Å². The molecular weight excluding hydrogens is 210 g/mol. The number of aryl methyl sites for hydroxylation is 1. The van der Waals surface area contributed by atoms with Crippen LogP contribution in [0.5, 0.6) is 5.75 Å². The number of rotatable bonds is 4. The summed E-state index contributed by atoms with van der Waals surface area (Å²) < 4.78 is 6.13. The lowest BCUT2D eigenvalue weighted by Gasteiger charge is -2.37. The number of benzene rings is 1. The predicted octanol–water partition coefficient (Wildman–Crippen LogP) is 3.46. The Bertz CT molecular complexity index is 362. The molecule has 0 N–H and O–H groups in total. The first-order chi connectivity index (χ1) is 8.22. The normalized spacial score (nSPS) is 19.2. The van der Waals surface area contributed by atoms with Crippen molar-refractivity contribution in [3.63, 3.8) is 0 Å². The van der Waals surface area contributed by atoms with Gasteiger partial charge in [-0.15, -0.1) is 0 Å². The number of ether oxygens (including phenoxy) is 1. The highest BCUT2D eigenvalue weighted by molar-refractivity contribution is 5.35. The quantitative estimate of drug-likeness (QED) is 0.789. The van der Waals surface area contributed by atoms with Crippen LogP contribution >= 0.6 is 0 Å². The van der Waals surface area contributed by atoms with Crippen molar-refractivity contribution in [3.05, 3.63) is 29.8 Å². The van der Waals surface area contributed by atoms with E-state index in [1.807, 2.05) is 0 Å². The summed E-state index contributed by atoms with van der Waals surface area (Å²) in [6.45, 7) is 7.84. The third-order valence-electron chi connectivity index (χ3n) is 3.41. The van der Waals surface area contributed by atoms with E-state index in [9.17, 15) is 0 Å². The SMILES string of the molecule is CCCN(C(C)C)C1CCc2ccccc2O1. The Kier molecular flexibility index (Phi) is 4.06. The van der Waals surface area contributed by atoms with Crippen LogP contribution < -0.4 is 4.74 Å². The molecule has 1 aromatic carbocycles. The lowest BCUT2D eigenvalue weighted by Crippen LogP contribution is -2.46. The molecule has 2 rings (SSSR count). The molecule has 0 spiro atoms. The van der Waals surface area contributed by atoms with Crippen LogP contribution in [0.1, 0.15) is 39.2 Å². The Morgan fingerprint density at radius 1 is 1.35 bits per heavy atom. The summed E-state index contributed by atoms with van der Waals surface area (Å²) >= 11 is 0. The maximum Gasteiger partial charge on any atom is 0.153 e. The van der Waals surface area contributed by atoms with Gasteiger partial charge in [0, 0.05) is 19.0 Å². The molecule has 1 heterocycles. The largest absolute Gasteiger partial charge is 0.475 e. The van der Waals surface area contributed by atoms with Crippen LogP contribution in [0.3, 0.4) is 0 Å². The van der Waals surface area contributed by atoms with Crippen molar-refractivity contribution >= 4 is 0 Å².